The third-order valence-electron chi connectivity index (χ3n) is 5.96. The summed E-state index contributed by atoms with van der Waals surface area (Å²) in [6.45, 7) is 2.00. The van der Waals surface area contributed by atoms with Crippen LogP contribution < -0.4 is 4.74 Å². The molecule has 0 bridgehead atoms. The van der Waals surface area contributed by atoms with Gasteiger partial charge >= 0.3 is 0 Å². The summed E-state index contributed by atoms with van der Waals surface area (Å²) in [5, 5.41) is 10.7. The number of nitrogens with one attached hydrogen (secondary N) is 1. The highest BCUT2D eigenvalue weighted by Gasteiger charge is 2.43. The van der Waals surface area contributed by atoms with E-state index in [9.17, 15) is 4.79 Å². The second-order valence-electron chi connectivity index (χ2n) is 7.41. The van der Waals surface area contributed by atoms with E-state index in [4.69, 9.17) is 9.47 Å². The van der Waals surface area contributed by atoms with Gasteiger partial charge in [0, 0.05) is 24.2 Å². The minimum Gasteiger partial charge on any atom is -0.496 e. The summed E-state index contributed by atoms with van der Waals surface area (Å²) in [6, 6.07) is 11.6. The molecule has 1 amide bonds. The van der Waals surface area contributed by atoms with E-state index in [1.165, 1.54) is 11.1 Å². The van der Waals surface area contributed by atoms with Crippen LogP contribution in [-0.4, -0.2) is 53.0 Å². The lowest BCUT2D eigenvalue weighted by atomic mass is 9.78. The van der Waals surface area contributed by atoms with E-state index in [-0.39, 0.29) is 11.5 Å². The fourth-order valence-corrected chi connectivity index (χ4v) is 4.52. The van der Waals surface area contributed by atoms with E-state index in [0.717, 1.165) is 30.5 Å². The van der Waals surface area contributed by atoms with E-state index < -0.39 is 0 Å². The van der Waals surface area contributed by atoms with Gasteiger partial charge in [0.1, 0.15) is 22.4 Å². The number of H-pyrrole nitrogens is 1. The van der Waals surface area contributed by atoms with Gasteiger partial charge in [0.25, 0.3) is 5.91 Å². The minimum atomic E-state index is -0.368. The molecule has 3 heterocycles. The third-order valence-corrected chi connectivity index (χ3v) is 5.96. The van der Waals surface area contributed by atoms with E-state index in [0.29, 0.717) is 30.8 Å². The van der Waals surface area contributed by atoms with Crippen molar-refractivity contribution < 1.29 is 14.3 Å². The van der Waals surface area contributed by atoms with Crippen LogP contribution in [0.2, 0.25) is 0 Å². The number of fused-ring (bicyclic) bond motifs is 3. The number of benzene rings is 2. The molecule has 0 aliphatic carbocycles. The Hall–Kier alpha value is -2.93. The summed E-state index contributed by atoms with van der Waals surface area (Å²) in [5.41, 5.74) is 4.19. The third kappa shape index (κ3) is 2.65. The number of piperidine rings is 1. The average Bonchev–Trinajstić information content (AvgIpc) is 3.21. The van der Waals surface area contributed by atoms with Gasteiger partial charge in [-0.1, -0.05) is 12.1 Å². The topological polar surface area (TPSA) is 80.3 Å². The van der Waals surface area contributed by atoms with Crippen molar-refractivity contribution in [2.24, 2.45) is 0 Å². The van der Waals surface area contributed by atoms with Gasteiger partial charge in [-0.25, -0.2) is 0 Å². The fraction of sp³-hybridized carbons (Fsp3) is 0.381. The highest BCUT2D eigenvalue weighted by Crippen LogP contribution is 2.45. The van der Waals surface area contributed by atoms with Crippen LogP contribution in [-0.2, 0) is 16.8 Å². The molecule has 5 rings (SSSR count). The zero-order chi connectivity index (χ0) is 19.1. The standard InChI is InChI=1S/C21H22N4O3/c1-27-18-4-2-3-14-7-12-28-21(19(14)18)8-10-25(11-9-21)20(26)15-5-6-16-17(13-15)23-24-22-16/h2-6,13H,7-12H2,1H3,(H,22,23,24). The Kier molecular flexibility index (Phi) is 4.05. The van der Waals surface area contributed by atoms with Gasteiger partial charge in [0.15, 0.2) is 0 Å². The number of carbonyl (C=O) groups excluding carboxylic acids is 1. The Morgan fingerprint density at radius 1 is 1.18 bits per heavy atom. The van der Waals surface area contributed by atoms with E-state index in [2.05, 4.69) is 21.5 Å². The first-order valence-corrected chi connectivity index (χ1v) is 9.60. The molecule has 3 aromatic rings. The maximum atomic E-state index is 13.0. The zero-order valence-corrected chi connectivity index (χ0v) is 15.8. The minimum absolute atomic E-state index is 0.0239. The van der Waals surface area contributed by atoms with Crippen molar-refractivity contribution in [2.45, 2.75) is 24.9 Å². The second-order valence-corrected chi connectivity index (χ2v) is 7.41. The fourth-order valence-electron chi connectivity index (χ4n) is 4.52. The molecule has 2 aromatic carbocycles. The predicted octanol–water partition coefficient (Wildman–Crippen LogP) is 2.67. The van der Waals surface area contributed by atoms with Crippen LogP contribution in [0.25, 0.3) is 11.0 Å². The second kappa shape index (κ2) is 6.60. The van der Waals surface area contributed by atoms with Gasteiger partial charge < -0.3 is 14.4 Å². The number of rotatable bonds is 2. The lowest BCUT2D eigenvalue weighted by molar-refractivity contribution is -0.0946. The van der Waals surface area contributed by atoms with Gasteiger partial charge in [0.05, 0.1) is 13.7 Å². The summed E-state index contributed by atoms with van der Waals surface area (Å²) in [4.78, 5) is 14.9. The van der Waals surface area contributed by atoms with Crippen molar-refractivity contribution in [1.29, 1.82) is 0 Å². The SMILES string of the molecule is COc1cccc2c1C1(CCN(C(=O)c3ccc4n[nH]nc4c3)CC1)OCC2. The molecule has 0 saturated carbocycles. The Labute approximate surface area is 162 Å². The van der Waals surface area contributed by atoms with Crippen LogP contribution in [0.3, 0.4) is 0 Å². The smallest absolute Gasteiger partial charge is 0.253 e. The number of carbonyl (C=O) groups is 1. The molecule has 144 valence electrons. The highest BCUT2D eigenvalue weighted by molar-refractivity contribution is 5.97. The molecule has 7 heteroatoms. The van der Waals surface area contributed by atoms with E-state index >= 15 is 0 Å². The lowest BCUT2D eigenvalue weighted by Crippen LogP contribution is -2.48. The number of ether oxygens (including phenoxy) is 2. The molecule has 1 saturated heterocycles. The van der Waals surface area contributed by atoms with E-state index in [1.54, 1.807) is 13.2 Å². The molecule has 7 nitrogen and oxygen atoms in total. The van der Waals surface area contributed by atoms with Crippen molar-refractivity contribution in [1.82, 2.24) is 20.3 Å². The lowest BCUT2D eigenvalue weighted by Gasteiger charge is -2.45. The number of likely N-dealkylation sites (tertiary alicyclic amines) is 1. The van der Waals surface area contributed by atoms with Gasteiger partial charge in [-0.3, -0.25) is 4.79 Å². The Balaban J connectivity index is 1.39. The number of amides is 1. The predicted molar refractivity (Wildman–Crippen MR) is 103 cm³/mol. The number of hydrogen-bond acceptors (Lipinski definition) is 5. The molecular formula is C21H22N4O3. The molecule has 1 aromatic heterocycles. The van der Waals surface area contributed by atoms with Crippen molar-refractivity contribution in [3.8, 4) is 5.75 Å². The number of methoxy groups -OCH3 is 1. The number of hydrogen-bond donors (Lipinski definition) is 1. The van der Waals surface area contributed by atoms with Crippen LogP contribution in [0.1, 0.15) is 34.3 Å². The van der Waals surface area contributed by atoms with Gasteiger partial charge in [0.2, 0.25) is 0 Å². The largest absolute Gasteiger partial charge is 0.496 e. The number of aromatic nitrogens is 3. The monoisotopic (exact) mass is 378 g/mol. The number of nitrogens with zero attached hydrogens (tertiary/aromatic N) is 3. The molecule has 28 heavy (non-hydrogen) atoms. The summed E-state index contributed by atoms with van der Waals surface area (Å²) in [5.74, 6) is 0.907. The zero-order valence-electron chi connectivity index (χ0n) is 15.8. The van der Waals surface area contributed by atoms with Crippen molar-refractivity contribution in [2.75, 3.05) is 26.8 Å². The van der Waals surface area contributed by atoms with Gasteiger partial charge in [-0.05, 0) is 49.1 Å². The first-order valence-electron chi connectivity index (χ1n) is 9.60. The van der Waals surface area contributed by atoms with Gasteiger partial charge in [-0.2, -0.15) is 15.4 Å². The quantitative estimate of drug-likeness (QED) is 0.742. The van der Waals surface area contributed by atoms with Gasteiger partial charge in [-0.15, -0.1) is 0 Å². The Morgan fingerprint density at radius 2 is 2.00 bits per heavy atom. The van der Waals surface area contributed by atoms with Crippen molar-refractivity contribution >= 4 is 16.9 Å². The molecule has 2 aliphatic rings. The van der Waals surface area contributed by atoms with Crippen LogP contribution in [0.15, 0.2) is 36.4 Å². The number of aromatic amines is 1. The first kappa shape index (κ1) is 17.2. The average molecular weight is 378 g/mol. The van der Waals surface area contributed by atoms with Crippen LogP contribution >= 0.6 is 0 Å². The highest BCUT2D eigenvalue weighted by atomic mass is 16.5. The summed E-state index contributed by atoms with van der Waals surface area (Å²) in [7, 11) is 1.70. The summed E-state index contributed by atoms with van der Waals surface area (Å²) in [6.07, 6.45) is 2.42. The molecule has 0 radical (unpaired) electrons. The van der Waals surface area contributed by atoms with Crippen LogP contribution in [0.5, 0.6) is 5.75 Å². The molecule has 1 fully saturated rings. The molecule has 0 unspecified atom stereocenters. The van der Waals surface area contributed by atoms with Crippen LogP contribution in [0.4, 0.5) is 0 Å². The Morgan fingerprint density at radius 3 is 2.82 bits per heavy atom. The van der Waals surface area contributed by atoms with E-state index in [1.807, 2.05) is 29.2 Å². The molecule has 1 spiro atoms. The normalized spacial score (nSPS) is 18.2. The van der Waals surface area contributed by atoms with Crippen LogP contribution in [0, 0.1) is 0 Å². The molecule has 2 aliphatic heterocycles. The molecule has 0 atom stereocenters. The summed E-state index contributed by atoms with van der Waals surface area (Å²) >= 11 is 0. The van der Waals surface area contributed by atoms with Crippen molar-refractivity contribution in [3.63, 3.8) is 0 Å². The first-order chi connectivity index (χ1) is 13.7. The maximum Gasteiger partial charge on any atom is 0.253 e. The summed E-state index contributed by atoms with van der Waals surface area (Å²) < 4.78 is 12.0. The molecular weight excluding hydrogens is 356 g/mol. The Bertz CT molecular complexity index is 1020. The molecule has 1 N–H and O–H groups in total. The maximum absolute atomic E-state index is 13.0. The van der Waals surface area contributed by atoms with Crippen molar-refractivity contribution in [3.05, 3.63) is 53.1 Å².